The first-order valence-electron chi connectivity index (χ1n) is 6.86. The Morgan fingerprint density at radius 3 is 2.90 bits per heavy atom. The standard InChI is InChI=1S/C15H21N3OS/c1-11(2)16-9-13-5-4-6-15(18-13)19-8-7-14-12(3)17-10-20-14/h4-6,10-11,16H,7-9H2,1-3H3. The molecule has 2 aromatic rings. The van der Waals surface area contributed by atoms with E-state index in [0.29, 0.717) is 18.5 Å². The second-order valence-corrected chi connectivity index (χ2v) is 5.90. The van der Waals surface area contributed by atoms with Crippen LogP contribution in [0.25, 0.3) is 0 Å². The number of thiazole rings is 1. The minimum Gasteiger partial charge on any atom is -0.477 e. The average Bonchev–Trinajstić information content (AvgIpc) is 2.83. The molecule has 0 spiro atoms. The number of aromatic nitrogens is 2. The lowest BCUT2D eigenvalue weighted by Gasteiger charge is -2.09. The van der Waals surface area contributed by atoms with Gasteiger partial charge in [0, 0.05) is 30.0 Å². The van der Waals surface area contributed by atoms with Crippen molar-refractivity contribution in [1.82, 2.24) is 15.3 Å². The van der Waals surface area contributed by atoms with Gasteiger partial charge in [0.15, 0.2) is 0 Å². The van der Waals surface area contributed by atoms with Gasteiger partial charge < -0.3 is 10.1 Å². The number of aryl methyl sites for hydroxylation is 1. The van der Waals surface area contributed by atoms with E-state index in [1.54, 1.807) is 11.3 Å². The highest BCUT2D eigenvalue weighted by Gasteiger charge is 2.03. The van der Waals surface area contributed by atoms with Gasteiger partial charge in [-0.1, -0.05) is 19.9 Å². The highest BCUT2D eigenvalue weighted by Crippen LogP contribution is 2.14. The fourth-order valence-electron chi connectivity index (χ4n) is 1.76. The van der Waals surface area contributed by atoms with E-state index < -0.39 is 0 Å². The molecule has 4 nitrogen and oxygen atoms in total. The van der Waals surface area contributed by atoms with Crippen molar-refractivity contribution in [2.45, 2.75) is 39.8 Å². The number of rotatable bonds is 7. The summed E-state index contributed by atoms with van der Waals surface area (Å²) in [6.45, 7) is 7.68. The number of pyridine rings is 1. The van der Waals surface area contributed by atoms with Crippen molar-refractivity contribution in [3.05, 3.63) is 40.0 Å². The van der Waals surface area contributed by atoms with Crippen LogP contribution in [0.5, 0.6) is 5.88 Å². The Balaban J connectivity index is 1.83. The minimum absolute atomic E-state index is 0.454. The molecule has 0 atom stereocenters. The molecule has 108 valence electrons. The molecule has 2 rings (SSSR count). The van der Waals surface area contributed by atoms with Crippen molar-refractivity contribution in [3.63, 3.8) is 0 Å². The molecule has 0 unspecified atom stereocenters. The topological polar surface area (TPSA) is 47.0 Å². The van der Waals surface area contributed by atoms with Gasteiger partial charge in [0.05, 0.1) is 23.5 Å². The van der Waals surface area contributed by atoms with Gasteiger partial charge in [-0.05, 0) is 13.0 Å². The summed E-state index contributed by atoms with van der Waals surface area (Å²) in [5, 5.41) is 3.35. The van der Waals surface area contributed by atoms with E-state index in [1.807, 2.05) is 30.6 Å². The van der Waals surface area contributed by atoms with Gasteiger partial charge in [-0.25, -0.2) is 9.97 Å². The maximum absolute atomic E-state index is 5.72. The highest BCUT2D eigenvalue weighted by atomic mass is 32.1. The number of hydrogen-bond donors (Lipinski definition) is 1. The number of nitrogens with zero attached hydrogens (tertiary/aromatic N) is 2. The number of nitrogens with one attached hydrogen (secondary N) is 1. The Kier molecular flexibility index (Phi) is 5.49. The van der Waals surface area contributed by atoms with Gasteiger partial charge >= 0.3 is 0 Å². The van der Waals surface area contributed by atoms with Crippen LogP contribution in [0, 0.1) is 6.92 Å². The van der Waals surface area contributed by atoms with Gasteiger partial charge in [-0.3, -0.25) is 0 Å². The van der Waals surface area contributed by atoms with Crippen LogP contribution in [0.2, 0.25) is 0 Å². The largest absolute Gasteiger partial charge is 0.477 e. The molecule has 0 aromatic carbocycles. The van der Waals surface area contributed by atoms with Crippen molar-refractivity contribution in [2.75, 3.05) is 6.61 Å². The van der Waals surface area contributed by atoms with Crippen LogP contribution in [0.15, 0.2) is 23.7 Å². The Morgan fingerprint density at radius 2 is 2.20 bits per heavy atom. The quantitative estimate of drug-likeness (QED) is 0.852. The summed E-state index contributed by atoms with van der Waals surface area (Å²) >= 11 is 1.68. The molecule has 1 N–H and O–H groups in total. The summed E-state index contributed by atoms with van der Waals surface area (Å²) in [7, 11) is 0. The first-order chi connectivity index (χ1) is 9.65. The average molecular weight is 291 g/mol. The lowest BCUT2D eigenvalue weighted by Crippen LogP contribution is -2.22. The molecule has 0 saturated carbocycles. The van der Waals surface area contributed by atoms with Crippen LogP contribution in [0.4, 0.5) is 0 Å². The summed E-state index contributed by atoms with van der Waals surface area (Å²) < 4.78 is 5.72. The summed E-state index contributed by atoms with van der Waals surface area (Å²) in [6.07, 6.45) is 0.882. The zero-order valence-corrected chi connectivity index (χ0v) is 13.0. The Labute approximate surface area is 124 Å². The summed E-state index contributed by atoms with van der Waals surface area (Å²) in [6, 6.07) is 6.35. The van der Waals surface area contributed by atoms with E-state index in [4.69, 9.17) is 4.74 Å². The Hall–Kier alpha value is -1.46. The molecule has 0 aliphatic carbocycles. The molecule has 0 fully saturated rings. The molecule has 0 aliphatic heterocycles. The van der Waals surface area contributed by atoms with E-state index >= 15 is 0 Å². The SMILES string of the molecule is Cc1ncsc1CCOc1cccc(CNC(C)C)n1. The molecule has 0 aliphatic rings. The third-order valence-corrected chi connectivity index (χ3v) is 3.89. The highest BCUT2D eigenvalue weighted by molar-refractivity contribution is 7.09. The van der Waals surface area contributed by atoms with E-state index in [0.717, 1.165) is 24.4 Å². The summed E-state index contributed by atoms with van der Waals surface area (Å²) in [4.78, 5) is 10.0. The molecule has 0 amide bonds. The second kappa shape index (κ2) is 7.36. The first-order valence-corrected chi connectivity index (χ1v) is 7.74. The van der Waals surface area contributed by atoms with Gasteiger partial charge in [0.2, 0.25) is 5.88 Å². The second-order valence-electron chi connectivity index (χ2n) is 4.96. The first kappa shape index (κ1) is 14.9. The van der Waals surface area contributed by atoms with E-state index in [-0.39, 0.29) is 0 Å². The van der Waals surface area contributed by atoms with Gasteiger partial charge in [0.25, 0.3) is 0 Å². The van der Waals surface area contributed by atoms with Gasteiger partial charge in [-0.15, -0.1) is 11.3 Å². The van der Waals surface area contributed by atoms with E-state index in [1.165, 1.54) is 4.88 Å². The molecule has 0 saturated heterocycles. The lowest BCUT2D eigenvalue weighted by atomic mass is 10.3. The fourth-order valence-corrected chi connectivity index (χ4v) is 2.52. The van der Waals surface area contributed by atoms with Crippen LogP contribution >= 0.6 is 11.3 Å². The van der Waals surface area contributed by atoms with Crippen molar-refractivity contribution in [2.24, 2.45) is 0 Å². The summed E-state index contributed by atoms with van der Waals surface area (Å²) in [5.41, 5.74) is 3.98. The van der Waals surface area contributed by atoms with Crippen LogP contribution in [-0.4, -0.2) is 22.6 Å². The predicted octanol–water partition coefficient (Wildman–Crippen LogP) is 2.97. The lowest BCUT2D eigenvalue weighted by molar-refractivity contribution is 0.309. The van der Waals surface area contributed by atoms with Crippen molar-refractivity contribution in [3.8, 4) is 5.88 Å². The third-order valence-electron chi connectivity index (χ3n) is 2.90. The predicted molar refractivity (Wildman–Crippen MR) is 82.3 cm³/mol. The summed E-state index contributed by atoms with van der Waals surface area (Å²) in [5.74, 6) is 0.690. The van der Waals surface area contributed by atoms with Crippen LogP contribution in [-0.2, 0) is 13.0 Å². The fraction of sp³-hybridized carbons (Fsp3) is 0.467. The van der Waals surface area contributed by atoms with Crippen LogP contribution < -0.4 is 10.1 Å². The molecule has 2 aromatic heterocycles. The van der Waals surface area contributed by atoms with Crippen molar-refractivity contribution >= 4 is 11.3 Å². The van der Waals surface area contributed by atoms with E-state index in [9.17, 15) is 0 Å². The maximum atomic E-state index is 5.72. The Bertz CT molecular complexity index is 539. The van der Waals surface area contributed by atoms with E-state index in [2.05, 4.69) is 29.1 Å². The zero-order chi connectivity index (χ0) is 14.4. The maximum Gasteiger partial charge on any atom is 0.213 e. The Morgan fingerprint density at radius 1 is 1.35 bits per heavy atom. The van der Waals surface area contributed by atoms with Crippen molar-refractivity contribution < 1.29 is 4.74 Å². The zero-order valence-electron chi connectivity index (χ0n) is 12.2. The number of hydrogen-bond acceptors (Lipinski definition) is 5. The third kappa shape index (κ3) is 4.58. The van der Waals surface area contributed by atoms with Crippen LogP contribution in [0.3, 0.4) is 0 Å². The molecule has 2 heterocycles. The van der Waals surface area contributed by atoms with Crippen LogP contribution in [0.1, 0.15) is 30.1 Å². The monoisotopic (exact) mass is 291 g/mol. The number of ether oxygens (including phenoxy) is 1. The molecule has 20 heavy (non-hydrogen) atoms. The molecular weight excluding hydrogens is 270 g/mol. The molecule has 0 radical (unpaired) electrons. The molecular formula is C15H21N3OS. The smallest absolute Gasteiger partial charge is 0.213 e. The molecule has 5 heteroatoms. The normalized spacial score (nSPS) is 11.0. The van der Waals surface area contributed by atoms with Crippen molar-refractivity contribution in [1.29, 1.82) is 0 Å². The van der Waals surface area contributed by atoms with Gasteiger partial charge in [0.1, 0.15) is 0 Å². The van der Waals surface area contributed by atoms with Gasteiger partial charge in [-0.2, -0.15) is 0 Å². The minimum atomic E-state index is 0.454. The molecule has 0 bridgehead atoms.